The second-order valence-corrected chi connectivity index (χ2v) is 6.66. The molecule has 0 aromatic carbocycles. The lowest BCUT2D eigenvalue weighted by atomic mass is 9.88. The van der Waals surface area contributed by atoms with Gasteiger partial charge in [0, 0.05) is 13.2 Å². The highest BCUT2D eigenvalue weighted by molar-refractivity contribution is 4.74. The van der Waals surface area contributed by atoms with E-state index >= 15 is 0 Å². The standard InChI is InChI=1S/C17H36N2O/c1-4-13-20-17-8-6-12-19(14-17)11-5-7-16(9-10-18)15(2)3/h15-17H,4-14,18H2,1-3H3. The van der Waals surface area contributed by atoms with Crippen LogP contribution in [0.2, 0.25) is 0 Å². The summed E-state index contributed by atoms with van der Waals surface area (Å²) in [6, 6.07) is 0. The largest absolute Gasteiger partial charge is 0.377 e. The summed E-state index contributed by atoms with van der Waals surface area (Å²) in [7, 11) is 0. The zero-order chi connectivity index (χ0) is 14.8. The molecule has 0 spiro atoms. The van der Waals surface area contributed by atoms with Gasteiger partial charge in [-0.25, -0.2) is 0 Å². The van der Waals surface area contributed by atoms with Crippen molar-refractivity contribution in [3.8, 4) is 0 Å². The summed E-state index contributed by atoms with van der Waals surface area (Å²) in [4.78, 5) is 2.60. The Kier molecular flexibility index (Phi) is 9.49. The third kappa shape index (κ3) is 7.05. The van der Waals surface area contributed by atoms with Crippen LogP contribution >= 0.6 is 0 Å². The van der Waals surface area contributed by atoms with E-state index in [1.165, 1.54) is 45.2 Å². The number of hydrogen-bond acceptors (Lipinski definition) is 3. The van der Waals surface area contributed by atoms with Crippen molar-refractivity contribution in [2.24, 2.45) is 17.6 Å². The quantitative estimate of drug-likeness (QED) is 0.669. The molecule has 0 aromatic rings. The van der Waals surface area contributed by atoms with Crippen LogP contribution in [0, 0.1) is 11.8 Å². The molecule has 1 aliphatic rings. The molecule has 2 N–H and O–H groups in total. The van der Waals surface area contributed by atoms with Crippen LogP contribution in [0.4, 0.5) is 0 Å². The summed E-state index contributed by atoms with van der Waals surface area (Å²) >= 11 is 0. The van der Waals surface area contributed by atoms with Crippen LogP contribution in [0.25, 0.3) is 0 Å². The Hall–Kier alpha value is -0.120. The average molecular weight is 284 g/mol. The first-order valence-corrected chi connectivity index (χ1v) is 8.71. The van der Waals surface area contributed by atoms with Crippen molar-refractivity contribution in [3.05, 3.63) is 0 Å². The second kappa shape index (κ2) is 10.6. The monoisotopic (exact) mass is 284 g/mol. The van der Waals surface area contributed by atoms with Crippen LogP contribution in [0.15, 0.2) is 0 Å². The molecule has 0 aliphatic carbocycles. The van der Waals surface area contributed by atoms with Gasteiger partial charge in [0.05, 0.1) is 6.10 Å². The zero-order valence-electron chi connectivity index (χ0n) is 13.9. The lowest BCUT2D eigenvalue weighted by Gasteiger charge is -2.33. The highest BCUT2D eigenvalue weighted by atomic mass is 16.5. The zero-order valence-corrected chi connectivity index (χ0v) is 13.9. The maximum absolute atomic E-state index is 5.91. The summed E-state index contributed by atoms with van der Waals surface area (Å²) in [5.41, 5.74) is 5.72. The smallest absolute Gasteiger partial charge is 0.0702 e. The molecule has 0 radical (unpaired) electrons. The second-order valence-electron chi connectivity index (χ2n) is 6.66. The van der Waals surface area contributed by atoms with E-state index in [4.69, 9.17) is 10.5 Å². The van der Waals surface area contributed by atoms with Crippen molar-refractivity contribution >= 4 is 0 Å². The fourth-order valence-electron chi connectivity index (χ4n) is 3.24. The van der Waals surface area contributed by atoms with Gasteiger partial charge in [0.15, 0.2) is 0 Å². The molecular formula is C17H36N2O. The fraction of sp³-hybridized carbons (Fsp3) is 1.00. The van der Waals surface area contributed by atoms with E-state index in [1.54, 1.807) is 0 Å². The minimum atomic E-state index is 0.480. The van der Waals surface area contributed by atoms with Crippen molar-refractivity contribution in [3.63, 3.8) is 0 Å². The van der Waals surface area contributed by atoms with Crippen molar-refractivity contribution < 1.29 is 4.74 Å². The van der Waals surface area contributed by atoms with E-state index in [2.05, 4.69) is 25.7 Å². The van der Waals surface area contributed by atoms with E-state index in [-0.39, 0.29) is 0 Å². The van der Waals surface area contributed by atoms with Crippen LogP contribution in [0.5, 0.6) is 0 Å². The highest BCUT2D eigenvalue weighted by Gasteiger charge is 2.20. The summed E-state index contributed by atoms with van der Waals surface area (Å²) in [6.45, 7) is 12.2. The number of hydrogen-bond donors (Lipinski definition) is 1. The van der Waals surface area contributed by atoms with Crippen LogP contribution in [-0.4, -0.2) is 43.8 Å². The third-order valence-electron chi connectivity index (χ3n) is 4.55. The Labute approximate surface area is 126 Å². The average Bonchev–Trinajstić information content (AvgIpc) is 2.44. The predicted molar refractivity (Wildman–Crippen MR) is 86.9 cm³/mol. The molecule has 1 aliphatic heterocycles. The van der Waals surface area contributed by atoms with E-state index in [0.717, 1.165) is 38.0 Å². The van der Waals surface area contributed by atoms with Gasteiger partial charge in [0.2, 0.25) is 0 Å². The lowest BCUT2D eigenvalue weighted by Crippen LogP contribution is -2.40. The summed E-state index contributed by atoms with van der Waals surface area (Å²) in [5, 5.41) is 0. The van der Waals surface area contributed by atoms with Gasteiger partial charge >= 0.3 is 0 Å². The first-order valence-electron chi connectivity index (χ1n) is 8.71. The Morgan fingerprint density at radius 1 is 1.30 bits per heavy atom. The van der Waals surface area contributed by atoms with Crippen molar-refractivity contribution in [1.29, 1.82) is 0 Å². The van der Waals surface area contributed by atoms with Gasteiger partial charge in [-0.05, 0) is 70.0 Å². The molecule has 0 bridgehead atoms. The van der Waals surface area contributed by atoms with Crippen LogP contribution < -0.4 is 5.73 Å². The highest BCUT2D eigenvalue weighted by Crippen LogP contribution is 2.21. The first-order chi connectivity index (χ1) is 9.67. The number of piperidine rings is 1. The fourth-order valence-corrected chi connectivity index (χ4v) is 3.24. The van der Waals surface area contributed by atoms with Gasteiger partial charge in [0.25, 0.3) is 0 Å². The van der Waals surface area contributed by atoms with Crippen molar-refractivity contribution in [2.45, 2.75) is 65.4 Å². The topological polar surface area (TPSA) is 38.5 Å². The lowest BCUT2D eigenvalue weighted by molar-refractivity contribution is -0.000714. The molecule has 1 heterocycles. The number of likely N-dealkylation sites (tertiary alicyclic amines) is 1. The molecule has 1 saturated heterocycles. The molecule has 3 heteroatoms. The summed E-state index contributed by atoms with van der Waals surface area (Å²) in [5.74, 6) is 1.57. The van der Waals surface area contributed by atoms with Crippen molar-refractivity contribution in [1.82, 2.24) is 4.90 Å². The number of ether oxygens (including phenoxy) is 1. The molecule has 120 valence electrons. The maximum Gasteiger partial charge on any atom is 0.0702 e. The minimum absolute atomic E-state index is 0.480. The van der Waals surface area contributed by atoms with Gasteiger partial charge in [-0.2, -0.15) is 0 Å². The molecule has 2 unspecified atom stereocenters. The predicted octanol–water partition coefficient (Wildman–Crippen LogP) is 3.28. The summed E-state index contributed by atoms with van der Waals surface area (Å²) < 4.78 is 5.91. The number of nitrogens with zero attached hydrogens (tertiary/aromatic N) is 1. The molecule has 2 atom stereocenters. The van der Waals surface area contributed by atoms with Gasteiger partial charge in [-0.15, -0.1) is 0 Å². The Morgan fingerprint density at radius 3 is 2.75 bits per heavy atom. The molecule has 1 rings (SSSR count). The molecule has 0 amide bonds. The molecule has 20 heavy (non-hydrogen) atoms. The first kappa shape index (κ1) is 17.9. The number of rotatable bonds is 10. The van der Waals surface area contributed by atoms with Crippen LogP contribution in [-0.2, 0) is 4.74 Å². The van der Waals surface area contributed by atoms with E-state index < -0.39 is 0 Å². The van der Waals surface area contributed by atoms with Crippen LogP contribution in [0.1, 0.15) is 59.3 Å². The number of nitrogens with two attached hydrogens (primary N) is 1. The Balaban J connectivity index is 2.20. The van der Waals surface area contributed by atoms with E-state index in [9.17, 15) is 0 Å². The third-order valence-corrected chi connectivity index (χ3v) is 4.55. The van der Waals surface area contributed by atoms with E-state index in [1.807, 2.05) is 0 Å². The van der Waals surface area contributed by atoms with Crippen LogP contribution in [0.3, 0.4) is 0 Å². The Bertz CT molecular complexity index is 233. The molecule has 1 fully saturated rings. The van der Waals surface area contributed by atoms with Gasteiger partial charge in [0.1, 0.15) is 0 Å². The maximum atomic E-state index is 5.91. The van der Waals surface area contributed by atoms with Gasteiger partial charge in [-0.1, -0.05) is 20.8 Å². The molecule has 0 aromatic heterocycles. The minimum Gasteiger partial charge on any atom is -0.377 e. The van der Waals surface area contributed by atoms with E-state index in [0.29, 0.717) is 6.10 Å². The Morgan fingerprint density at radius 2 is 2.10 bits per heavy atom. The van der Waals surface area contributed by atoms with Crippen molar-refractivity contribution in [2.75, 3.05) is 32.8 Å². The molecule has 3 nitrogen and oxygen atoms in total. The normalized spacial score (nSPS) is 22.4. The molecular weight excluding hydrogens is 248 g/mol. The SMILES string of the molecule is CCCOC1CCCN(CCCC(CCN)C(C)C)C1. The summed E-state index contributed by atoms with van der Waals surface area (Å²) in [6.07, 6.45) is 7.97. The van der Waals surface area contributed by atoms with Gasteiger partial charge in [-0.3, -0.25) is 0 Å². The molecule has 0 saturated carbocycles. The van der Waals surface area contributed by atoms with Gasteiger partial charge < -0.3 is 15.4 Å².